The lowest BCUT2D eigenvalue weighted by molar-refractivity contribution is 0.0816. The minimum Gasteiger partial charge on any atom is -0.294 e. The molecule has 2 atom stereocenters. The Bertz CT molecular complexity index is 444. The number of rotatable bonds is 3. The average Bonchev–Trinajstić information content (AvgIpc) is 2.40. The van der Waals surface area contributed by atoms with Crippen molar-refractivity contribution < 1.29 is 9.18 Å². The van der Waals surface area contributed by atoms with E-state index in [0.717, 1.165) is 25.7 Å². The van der Waals surface area contributed by atoms with E-state index in [2.05, 4.69) is 6.92 Å². The van der Waals surface area contributed by atoms with E-state index < -0.39 is 5.82 Å². The lowest BCUT2D eigenvalue weighted by Gasteiger charge is -2.29. The number of halogens is 2. The molecular formula is C15H18ClFO. The Morgan fingerprint density at radius 1 is 1.39 bits per heavy atom. The summed E-state index contributed by atoms with van der Waals surface area (Å²) in [5, 5.41) is 0.420. The predicted octanol–water partition coefficient (Wildman–Crippen LogP) is 4.88. The molecule has 1 nitrogen and oxygen atoms in total. The molecule has 0 bridgehead atoms. The van der Waals surface area contributed by atoms with Crippen LogP contribution in [0.15, 0.2) is 18.2 Å². The highest BCUT2D eigenvalue weighted by Gasteiger charge is 2.31. The number of ketones is 1. The highest BCUT2D eigenvalue weighted by Crippen LogP contribution is 2.35. The number of benzene rings is 1. The largest absolute Gasteiger partial charge is 0.294 e. The molecule has 0 saturated heterocycles. The van der Waals surface area contributed by atoms with E-state index in [4.69, 9.17) is 11.6 Å². The lowest BCUT2D eigenvalue weighted by atomic mass is 9.74. The lowest BCUT2D eigenvalue weighted by Crippen LogP contribution is -2.27. The SMILES string of the molecule is CCC1CCCCC1C(=O)c1cc(Cl)ccc1F. The number of hydrogen-bond donors (Lipinski definition) is 0. The molecule has 1 fully saturated rings. The zero-order valence-electron chi connectivity index (χ0n) is 10.6. The Labute approximate surface area is 112 Å². The highest BCUT2D eigenvalue weighted by molar-refractivity contribution is 6.31. The second-order valence-electron chi connectivity index (χ2n) is 5.05. The summed E-state index contributed by atoms with van der Waals surface area (Å²) in [7, 11) is 0. The molecule has 0 heterocycles. The molecule has 1 aliphatic carbocycles. The van der Waals surface area contributed by atoms with Gasteiger partial charge >= 0.3 is 0 Å². The Morgan fingerprint density at radius 2 is 2.11 bits per heavy atom. The molecule has 1 saturated carbocycles. The van der Waals surface area contributed by atoms with Crippen molar-refractivity contribution in [2.45, 2.75) is 39.0 Å². The van der Waals surface area contributed by atoms with Crippen molar-refractivity contribution in [3.63, 3.8) is 0 Å². The maximum Gasteiger partial charge on any atom is 0.169 e. The van der Waals surface area contributed by atoms with Crippen LogP contribution >= 0.6 is 11.6 Å². The first-order valence-corrected chi connectivity index (χ1v) is 7.00. The van der Waals surface area contributed by atoms with Crippen LogP contribution in [0.3, 0.4) is 0 Å². The fourth-order valence-electron chi connectivity index (χ4n) is 2.93. The van der Waals surface area contributed by atoms with Gasteiger partial charge in [0.05, 0.1) is 5.56 Å². The van der Waals surface area contributed by atoms with Crippen LogP contribution in [0.4, 0.5) is 4.39 Å². The molecule has 2 rings (SSSR count). The zero-order valence-corrected chi connectivity index (χ0v) is 11.3. The monoisotopic (exact) mass is 268 g/mol. The first-order valence-electron chi connectivity index (χ1n) is 6.62. The summed E-state index contributed by atoms with van der Waals surface area (Å²) in [6, 6.07) is 4.21. The van der Waals surface area contributed by atoms with E-state index in [1.165, 1.54) is 24.6 Å². The highest BCUT2D eigenvalue weighted by atomic mass is 35.5. The molecule has 1 aliphatic rings. The van der Waals surface area contributed by atoms with Crippen molar-refractivity contribution in [1.29, 1.82) is 0 Å². The molecule has 0 spiro atoms. The maximum absolute atomic E-state index is 13.7. The number of carbonyl (C=O) groups is 1. The van der Waals surface area contributed by atoms with Gasteiger partial charge in [0.15, 0.2) is 5.78 Å². The Balaban J connectivity index is 2.26. The van der Waals surface area contributed by atoms with Gasteiger partial charge in [0, 0.05) is 10.9 Å². The summed E-state index contributed by atoms with van der Waals surface area (Å²) in [6.45, 7) is 2.10. The van der Waals surface area contributed by atoms with E-state index in [-0.39, 0.29) is 17.3 Å². The summed E-state index contributed by atoms with van der Waals surface area (Å²) in [5.41, 5.74) is 0.160. The first kappa shape index (κ1) is 13.5. The van der Waals surface area contributed by atoms with Crippen LogP contribution in [-0.4, -0.2) is 5.78 Å². The Morgan fingerprint density at radius 3 is 2.83 bits per heavy atom. The van der Waals surface area contributed by atoms with Crippen LogP contribution in [0.2, 0.25) is 5.02 Å². The smallest absolute Gasteiger partial charge is 0.169 e. The standard InChI is InChI=1S/C15H18ClFO/c1-2-10-5-3-4-6-12(10)15(18)13-9-11(16)7-8-14(13)17/h7-10,12H,2-6H2,1H3. The van der Waals surface area contributed by atoms with Gasteiger partial charge in [-0.05, 0) is 37.0 Å². The minimum absolute atomic E-state index is 0.0308. The quantitative estimate of drug-likeness (QED) is 0.714. The van der Waals surface area contributed by atoms with Crippen LogP contribution in [0, 0.1) is 17.7 Å². The van der Waals surface area contributed by atoms with E-state index in [0.29, 0.717) is 10.9 Å². The van der Waals surface area contributed by atoms with Gasteiger partial charge in [-0.15, -0.1) is 0 Å². The van der Waals surface area contributed by atoms with Crippen molar-refractivity contribution in [2.75, 3.05) is 0 Å². The van der Waals surface area contributed by atoms with Crippen molar-refractivity contribution >= 4 is 17.4 Å². The van der Waals surface area contributed by atoms with Gasteiger partial charge in [-0.2, -0.15) is 0 Å². The van der Waals surface area contributed by atoms with Gasteiger partial charge < -0.3 is 0 Å². The zero-order chi connectivity index (χ0) is 13.1. The van der Waals surface area contributed by atoms with Crippen LogP contribution in [0.25, 0.3) is 0 Å². The summed E-state index contributed by atoms with van der Waals surface area (Å²) in [6.07, 6.45) is 5.19. The first-order chi connectivity index (χ1) is 8.63. The van der Waals surface area contributed by atoms with Crippen LogP contribution in [-0.2, 0) is 0 Å². The molecule has 0 radical (unpaired) electrons. The molecule has 18 heavy (non-hydrogen) atoms. The fraction of sp³-hybridized carbons (Fsp3) is 0.533. The second kappa shape index (κ2) is 5.83. The van der Waals surface area contributed by atoms with Crippen LogP contribution < -0.4 is 0 Å². The number of Topliss-reactive ketones (excluding diaryl/α,β-unsaturated/α-hetero) is 1. The summed E-state index contributed by atoms with van der Waals surface area (Å²) in [4.78, 5) is 12.4. The van der Waals surface area contributed by atoms with Gasteiger partial charge in [-0.25, -0.2) is 4.39 Å². The molecular weight excluding hydrogens is 251 g/mol. The molecule has 0 N–H and O–H groups in total. The van der Waals surface area contributed by atoms with Crippen molar-refractivity contribution in [3.05, 3.63) is 34.6 Å². The van der Waals surface area contributed by atoms with Gasteiger partial charge in [0.1, 0.15) is 5.82 Å². The van der Waals surface area contributed by atoms with E-state index in [9.17, 15) is 9.18 Å². The van der Waals surface area contributed by atoms with Gasteiger partial charge in [0.2, 0.25) is 0 Å². The Hall–Kier alpha value is -0.890. The van der Waals surface area contributed by atoms with E-state index >= 15 is 0 Å². The molecule has 1 aromatic carbocycles. The molecule has 0 aliphatic heterocycles. The predicted molar refractivity (Wildman–Crippen MR) is 71.5 cm³/mol. The minimum atomic E-state index is -0.454. The van der Waals surface area contributed by atoms with Gasteiger partial charge in [-0.3, -0.25) is 4.79 Å². The van der Waals surface area contributed by atoms with Gasteiger partial charge in [-0.1, -0.05) is 37.8 Å². The van der Waals surface area contributed by atoms with Crippen molar-refractivity contribution in [2.24, 2.45) is 11.8 Å². The van der Waals surface area contributed by atoms with Gasteiger partial charge in [0.25, 0.3) is 0 Å². The topological polar surface area (TPSA) is 17.1 Å². The molecule has 3 heteroatoms. The molecule has 2 unspecified atom stereocenters. The molecule has 1 aromatic rings. The maximum atomic E-state index is 13.7. The average molecular weight is 269 g/mol. The van der Waals surface area contributed by atoms with Crippen LogP contribution in [0.1, 0.15) is 49.4 Å². The number of carbonyl (C=O) groups excluding carboxylic acids is 1. The third-order valence-electron chi connectivity index (χ3n) is 3.96. The Kier molecular flexibility index (Phi) is 4.39. The summed E-state index contributed by atoms with van der Waals surface area (Å²) >= 11 is 5.85. The summed E-state index contributed by atoms with van der Waals surface area (Å²) < 4.78 is 13.7. The van der Waals surface area contributed by atoms with Crippen molar-refractivity contribution in [3.8, 4) is 0 Å². The van der Waals surface area contributed by atoms with E-state index in [1.807, 2.05) is 0 Å². The molecule has 0 amide bonds. The number of hydrogen-bond acceptors (Lipinski definition) is 1. The fourth-order valence-corrected chi connectivity index (χ4v) is 3.10. The van der Waals surface area contributed by atoms with E-state index in [1.54, 1.807) is 0 Å². The summed E-state index contributed by atoms with van der Waals surface area (Å²) in [5.74, 6) is -0.160. The molecule has 0 aromatic heterocycles. The third kappa shape index (κ3) is 2.74. The normalized spacial score (nSPS) is 23.9. The second-order valence-corrected chi connectivity index (χ2v) is 5.48. The van der Waals surface area contributed by atoms with Crippen LogP contribution in [0.5, 0.6) is 0 Å². The third-order valence-corrected chi connectivity index (χ3v) is 4.20. The molecule has 98 valence electrons. The van der Waals surface area contributed by atoms with Crippen molar-refractivity contribution in [1.82, 2.24) is 0 Å².